The monoisotopic (exact) mass is 510 g/mol. The summed E-state index contributed by atoms with van der Waals surface area (Å²) >= 11 is 0. The van der Waals surface area contributed by atoms with Crippen LogP contribution in [-0.4, -0.2) is 31.0 Å². The number of azide groups is 1. The summed E-state index contributed by atoms with van der Waals surface area (Å²) in [6.07, 6.45) is -0.519. The Kier molecular flexibility index (Phi) is 6.69. The van der Waals surface area contributed by atoms with Crippen LogP contribution in [0, 0.1) is 6.92 Å². The number of carbonyl (C=O) groups excluding carboxylic acids is 1. The number of nitrogens with zero attached hydrogens (tertiary/aromatic N) is 3. The van der Waals surface area contributed by atoms with Gasteiger partial charge in [-0.15, -0.1) is 0 Å². The lowest BCUT2D eigenvalue weighted by molar-refractivity contribution is 0.00578. The van der Waals surface area contributed by atoms with Gasteiger partial charge in [-0.05, 0) is 85.1 Å². The Labute approximate surface area is 223 Å². The molecule has 1 heterocycles. The summed E-state index contributed by atoms with van der Waals surface area (Å²) in [4.78, 5) is 15.7. The molecule has 0 unspecified atom stereocenters. The first kappa shape index (κ1) is 25.9. The molecule has 5 rings (SSSR count). The van der Waals surface area contributed by atoms with Crippen molar-refractivity contribution in [3.63, 3.8) is 0 Å². The molecule has 38 heavy (non-hydrogen) atoms. The Morgan fingerprint density at radius 3 is 2.18 bits per heavy atom. The van der Waals surface area contributed by atoms with Crippen molar-refractivity contribution >= 4 is 24.4 Å². The van der Waals surface area contributed by atoms with Crippen molar-refractivity contribution in [3.8, 4) is 11.1 Å². The van der Waals surface area contributed by atoms with Gasteiger partial charge in [0.2, 0.25) is 0 Å². The van der Waals surface area contributed by atoms with E-state index >= 15 is 0 Å². The van der Waals surface area contributed by atoms with Crippen molar-refractivity contribution < 1.29 is 18.8 Å². The van der Waals surface area contributed by atoms with Crippen LogP contribution < -0.4 is 10.8 Å². The molecule has 3 aromatic rings. The molecule has 0 saturated carbocycles. The Morgan fingerprint density at radius 2 is 1.61 bits per heavy atom. The second-order valence-corrected chi connectivity index (χ2v) is 10.8. The summed E-state index contributed by atoms with van der Waals surface area (Å²) in [5.74, 6) is -0.0148. The van der Waals surface area contributed by atoms with Gasteiger partial charge in [-0.1, -0.05) is 59.7 Å². The number of benzene rings is 3. The molecule has 2 aliphatic rings. The van der Waals surface area contributed by atoms with Crippen LogP contribution in [0.1, 0.15) is 55.9 Å². The summed E-state index contributed by atoms with van der Waals surface area (Å²) in [6.45, 7) is 10.2. The van der Waals surface area contributed by atoms with Gasteiger partial charge in [-0.2, -0.15) is 0 Å². The molecule has 1 N–H and O–H groups in total. The molecule has 1 saturated heterocycles. The predicted molar refractivity (Wildman–Crippen MR) is 148 cm³/mol. The maximum absolute atomic E-state index is 12.7. The molecule has 8 nitrogen and oxygen atoms in total. The molecule has 0 atom stereocenters. The van der Waals surface area contributed by atoms with Gasteiger partial charge in [0.15, 0.2) is 0 Å². The van der Waals surface area contributed by atoms with Crippen LogP contribution in [0.4, 0.5) is 10.5 Å². The third-order valence-corrected chi connectivity index (χ3v) is 7.92. The van der Waals surface area contributed by atoms with Gasteiger partial charge < -0.3 is 19.4 Å². The van der Waals surface area contributed by atoms with Crippen molar-refractivity contribution in [2.75, 3.05) is 6.61 Å². The van der Waals surface area contributed by atoms with Crippen molar-refractivity contribution in [2.24, 2.45) is 5.11 Å². The minimum Gasteiger partial charge on any atom is -0.449 e. The number of ether oxygens (including phenoxy) is 1. The van der Waals surface area contributed by atoms with E-state index in [0.29, 0.717) is 5.69 Å². The Morgan fingerprint density at radius 1 is 1.03 bits per heavy atom. The van der Waals surface area contributed by atoms with Crippen LogP contribution in [0.2, 0.25) is 0 Å². The van der Waals surface area contributed by atoms with Crippen molar-refractivity contribution in [3.05, 3.63) is 93.4 Å². The highest BCUT2D eigenvalue weighted by Crippen LogP contribution is 2.44. The van der Waals surface area contributed by atoms with E-state index in [0.717, 1.165) is 27.7 Å². The third kappa shape index (κ3) is 4.65. The summed E-state index contributed by atoms with van der Waals surface area (Å²) in [5, 5.41) is 6.69. The second-order valence-electron chi connectivity index (χ2n) is 10.8. The highest BCUT2D eigenvalue weighted by atomic mass is 16.7. The van der Waals surface area contributed by atoms with Gasteiger partial charge in [0.25, 0.3) is 0 Å². The molecule has 0 aromatic heterocycles. The fourth-order valence-electron chi connectivity index (χ4n) is 5.07. The molecular weight excluding hydrogens is 479 g/mol. The number of nitrogens with one attached hydrogen (secondary N) is 1. The van der Waals surface area contributed by atoms with E-state index in [1.807, 2.05) is 65.0 Å². The third-order valence-electron chi connectivity index (χ3n) is 7.92. The highest BCUT2D eigenvalue weighted by Gasteiger charge is 2.52. The summed E-state index contributed by atoms with van der Waals surface area (Å²) in [7, 11) is -0.623. The van der Waals surface area contributed by atoms with Gasteiger partial charge in [0, 0.05) is 23.1 Å². The van der Waals surface area contributed by atoms with Gasteiger partial charge in [-0.25, -0.2) is 4.79 Å². The van der Waals surface area contributed by atoms with Crippen LogP contribution in [0.15, 0.2) is 65.8 Å². The maximum atomic E-state index is 12.7. The molecule has 194 valence electrons. The Balaban J connectivity index is 1.29. The zero-order chi connectivity index (χ0) is 27.1. The van der Waals surface area contributed by atoms with Crippen LogP contribution in [0.3, 0.4) is 0 Å². The van der Waals surface area contributed by atoms with Crippen LogP contribution in [0.5, 0.6) is 0 Å². The molecule has 0 spiro atoms. The first-order chi connectivity index (χ1) is 18.1. The molecule has 0 bridgehead atoms. The lowest BCUT2D eigenvalue weighted by Crippen LogP contribution is -2.41. The number of carbonyl (C=O) groups is 1. The van der Waals surface area contributed by atoms with Gasteiger partial charge >= 0.3 is 13.2 Å². The quantitative estimate of drug-likeness (QED) is 0.182. The summed E-state index contributed by atoms with van der Waals surface area (Å²) in [5.41, 5.74) is 15.5. The Bertz CT molecular complexity index is 1390. The first-order valence-electron chi connectivity index (χ1n) is 12.7. The largest absolute Gasteiger partial charge is 0.495 e. The van der Waals surface area contributed by atoms with Crippen LogP contribution in [0.25, 0.3) is 21.6 Å². The zero-order valence-corrected chi connectivity index (χ0v) is 22.3. The Hall–Kier alpha value is -3.78. The fraction of sp³-hybridized carbons (Fsp3) is 0.345. The highest BCUT2D eigenvalue weighted by molar-refractivity contribution is 6.62. The molecular formula is C29H31BN4O4. The average Bonchev–Trinajstić information content (AvgIpc) is 3.32. The summed E-state index contributed by atoms with van der Waals surface area (Å²) in [6, 6.07) is 20.1. The molecule has 1 aliphatic heterocycles. The number of hydrogen-bond donors (Lipinski definition) is 1. The molecule has 3 aromatic carbocycles. The first-order valence-corrected chi connectivity index (χ1v) is 12.7. The van der Waals surface area contributed by atoms with Crippen LogP contribution in [-0.2, 0) is 20.6 Å². The smallest absolute Gasteiger partial charge is 0.449 e. The van der Waals surface area contributed by atoms with E-state index in [4.69, 9.17) is 19.6 Å². The van der Waals surface area contributed by atoms with E-state index in [1.165, 1.54) is 11.1 Å². The number of alkyl carbamates (subject to hydrolysis) is 1. The minimum atomic E-state index is -0.623. The number of rotatable bonds is 6. The van der Waals surface area contributed by atoms with E-state index < -0.39 is 24.4 Å². The van der Waals surface area contributed by atoms with Gasteiger partial charge in [0.05, 0.1) is 11.2 Å². The van der Waals surface area contributed by atoms with Crippen molar-refractivity contribution in [1.29, 1.82) is 0 Å². The van der Waals surface area contributed by atoms with E-state index in [9.17, 15) is 4.79 Å². The van der Waals surface area contributed by atoms with E-state index in [-0.39, 0.29) is 19.1 Å². The zero-order valence-electron chi connectivity index (χ0n) is 22.3. The minimum absolute atomic E-state index is 0.0148. The number of amides is 1. The number of fused-ring (bicyclic) bond motifs is 3. The van der Waals surface area contributed by atoms with E-state index in [1.54, 1.807) is 6.07 Å². The number of hydrogen-bond acceptors (Lipinski definition) is 5. The van der Waals surface area contributed by atoms with Crippen molar-refractivity contribution in [2.45, 2.75) is 58.3 Å². The molecule has 1 fully saturated rings. The molecule has 0 radical (unpaired) electrons. The van der Waals surface area contributed by atoms with Gasteiger partial charge in [0.1, 0.15) is 6.61 Å². The fourth-order valence-corrected chi connectivity index (χ4v) is 5.07. The van der Waals surface area contributed by atoms with Gasteiger partial charge in [-0.3, -0.25) is 0 Å². The molecule has 1 amide bonds. The predicted octanol–water partition coefficient (Wildman–Crippen LogP) is 6.27. The van der Waals surface area contributed by atoms with Crippen LogP contribution >= 0.6 is 0 Å². The SMILES string of the molecule is Cc1c(N=[N+]=[N-])cc(CNC(=O)OCC2c3ccccc3-c3ccccc32)cc1B1OC(C)(C)C(C)(C)O1. The topological polar surface area (TPSA) is 106 Å². The van der Waals surface area contributed by atoms with E-state index in [2.05, 4.69) is 39.6 Å². The maximum Gasteiger partial charge on any atom is 0.495 e. The molecule has 1 aliphatic carbocycles. The molecule has 9 heteroatoms. The average molecular weight is 510 g/mol. The standard InChI is InChI=1S/C29H31BN4O4/c1-18-25(30-37-28(2,3)29(4,5)38-30)14-19(15-26(18)33-34-31)16-32-27(35)36-17-24-22-12-8-6-10-20(22)21-11-7-9-13-23(21)24/h6-15,24H,16-17H2,1-5H3,(H,32,35). The second kappa shape index (κ2) is 9.84. The lowest BCUT2D eigenvalue weighted by Gasteiger charge is -2.32. The summed E-state index contributed by atoms with van der Waals surface area (Å²) < 4.78 is 18.1. The normalized spacial score (nSPS) is 16.9. The van der Waals surface area contributed by atoms with Crippen molar-refractivity contribution in [1.82, 2.24) is 5.32 Å². The lowest BCUT2D eigenvalue weighted by atomic mass is 9.75.